The van der Waals surface area contributed by atoms with Crippen LogP contribution in [0.3, 0.4) is 0 Å². The SMILES string of the molecule is CN(C)c1nc2cc(C(=O)Nc3ccccc3O)sc2n1-c1ccccc1. The summed E-state index contributed by atoms with van der Waals surface area (Å²) in [6.45, 7) is 0. The highest BCUT2D eigenvalue weighted by Crippen LogP contribution is 2.33. The largest absolute Gasteiger partial charge is 0.506 e. The van der Waals surface area contributed by atoms with Gasteiger partial charge in [0.05, 0.1) is 10.6 Å². The third-order valence-corrected chi connectivity index (χ3v) is 5.22. The van der Waals surface area contributed by atoms with Gasteiger partial charge in [0.25, 0.3) is 5.91 Å². The van der Waals surface area contributed by atoms with Gasteiger partial charge in [-0.2, -0.15) is 0 Å². The maximum absolute atomic E-state index is 12.6. The lowest BCUT2D eigenvalue weighted by Gasteiger charge is -2.14. The zero-order valence-corrected chi connectivity index (χ0v) is 15.7. The van der Waals surface area contributed by atoms with Crippen molar-refractivity contribution in [2.75, 3.05) is 24.3 Å². The lowest BCUT2D eigenvalue weighted by molar-refractivity contribution is 0.103. The highest BCUT2D eigenvalue weighted by Gasteiger charge is 2.20. The lowest BCUT2D eigenvalue weighted by atomic mass is 10.3. The Morgan fingerprint density at radius 1 is 1.11 bits per heavy atom. The van der Waals surface area contributed by atoms with Gasteiger partial charge in [0.1, 0.15) is 16.1 Å². The summed E-state index contributed by atoms with van der Waals surface area (Å²) in [5.74, 6) is 0.564. The van der Waals surface area contributed by atoms with Crippen LogP contribution in [0.4, 0.5) is 11.6 Å². The summed E-state index contributed by atoms with van der Waals surface area (Å²) in [5, 5.41) is 12.6. The van der Waals surface area contributed by atoms with E-state index in [1.54, 1.807) is 24.3 Å². The molecule has 0 bridgehead atoms. The lowest BCUT2D eigenvalue weighted by Crippen LogP contribution is -2.14. The van der Waals surface area contributed by atoms with Crippen molar-refractivity contribution in [2.24, 2.45) is 0 Å². The van der Waals surface area contributed by atoms with Crippen LogP contribution in [0.15, 0.2) is 60.7 Å². The number of fused-ring (bicyclic) bond motifs is 1. The van der Waals surface area contributed by atoms with Gasteiger partial charge >= 0.3 is 0 Å². The molecule has 0 unspecified atom stereocenters. The monoisotopic (exact) mass is 378 g/mol. The van der Waals surface area contributed by atoms with Crippen LogP contribution in [0.1, 0.15) is 9.67 Å². The molecule has 0 atom stereocenters. The quantitative estimate of drug-likeness (QED) is 0.524. The molecule has 6 nitrogen and oxygen atoms in total. The van der Waals surface area contributed by atoms with E-state index in [1.165, 1.54) is 17.4 Å². The molecule has 0 aliphatic carbocycles. The minimum Gasteiger partial charge on any atom is -0.506 e. The van der Waals surface area contributed by atoms with Crippen LogP contribution in [0, 0.1) is 0 Å². The number of aromatic hydroxyl groups is 1. The molecule has 0 aliphatic rings. The van der Waals surface area contributed by atoms with E-state index in [1.807, 2.05) is 53.9 Å². The third-order valence-electron chi connectivity index (χ3n) is 4.11. The Labute approximate surface area is 160 Å². The van der Waals surface area contributed by atoms with Gasteiger partial charge in [0.15, 0.2) is 0 Å². The van der Waals surface area contributed by atoms with Crippen molar-refractivity contribution in [1.82, 2.24) is 9.55 Å². The highest BCUT2D eigenvalue weighted by atomic mass is 32.1. The van der Waals surface area contributed by atoms with Crippen molar-refractivity contribution in [2.45, 2.75) is 0 Å². The summed E-state index contributed by atoms with van der Waals surface area (Å²) >= 11 is 1.37. The molecule has 1 amide bonds. The van der Waals surface area contributed by atoms with E-state index >= 15 is 0 Å². The number of nitrogens with zero attached hydrogens (tertiary/aromatic N) is 3. The topological polar surface area (TPSA) is 70.4 Å². The van der Waals surface area contributed by atoms with Crippen LogP contribution in [0.2, 0.25) is 0 Å². The van der Waals surface area contributed by atoms with E-state index in [2.05, 4.69) is 10.3 Å². The standard InChI is InChI=1S/C20H18N4O2S/c1-23(2)20-22-15-12-17(18(26)21-14-10-6-7-11-16(14)25)27-19(15)24(20)13-8-4-3-5-9-13/h3-12,25H,1-2H3,(H,21,26). The molecule has 7 heteroatoms. The van der Waals surface area contributed by atoms with E-state index in [-0.39, 0.29) is 11.7 Å². The second-order valence-corrected chi connectivity index (χ2v) is 7.28. The van der Waals surface area contributed by atoms with Gasteiger partial charge in [-0.3, -0.25) is 9.36 Å². The molecule has 2 aromatic carbocycles. The number of thiophene rings is 1. The van der Waals surface area contributed by atoms with Gasteiger partial charge in [0, 0.05) is 19.8 Å². The number of phenolic OH excluding ortho intramolecular Hbond substituents is 1. The van der Waals surface area contributed by atoms with E-state index in [4.69, 9.17) is 0 Å². The average Bonchev–Trinajstić information content (AvgIpc) is 3.22. The van der Waals surface area contributed by atoms with Gasteiger partial charge < -0.3 is 15.3 Å². The Hall–Kier alpha value is -3.32. The summed E-state index contributed by atoms with van der Waals surface area (Å²) in [6, 6.07) is 18.4. The average molecular weight is 378 g/mol. The number of para-hydroxylation sites is 3. The number of amides is 1. The Morgan fingerprint density at radius 3 is 2.52 bits per heavy atom. The molecule has 136 valence electrons. The van der Waals surface area contributed by atoms with Crippen LogP contribution in [0.25, 0.3) is 16.0 Å². The van der Waals surface area contributed by atoms with E-state index in [0.717, 1.165) is 22.0 Å². The predicted molar refractivity (Wildman–Crippen MR) is 109 cm³/mol. The van der Waals surface area contributed by atoms with Crippen molar-refractivity contribution in [3.05, 3.63) is 65.5 Å². The molecule has 2 heterocycles. The molecule has 27 heavy (non-hydrogen) atoms. The Bertz CT molecular complexity index is 1120. The van der Waals surface area contributed by atoms with Crippen LogP contribution < -0.4 is 10.2 Å². The van der Waals surface area contributed by atoms with Crippen molar-refractivity contribution in [3.8, 4) is 11.4 Å². The number of anilines is 2. The number of hydrogen-bond donors (Lipinski definition) is 2. The number of carbonyl (C=O) groups is 1. The number of carbonyl (C=O) groups excluding carboxylic acids is 1. The predicted octanol–water partition coefficient (Wildman–Crippen LogP) is 4.11. The third kappa shape index (κ3) is 3.13. The second-order valence-electron chi connectivity index (χ2n) is 6.25. The fourth-order valence-corrected chi connectivity index (χ4v) is 3.86. The smallest absolute Gasteiger partial charge is 0.265 e. The minimum absolute atomic E-state index is 0.0359. The summed E-state index contributed by atoms with van der Waals surface area (Å²) in [6.07, 6.45) is 0. The second kappa shape index (κ2) is 6.77. The van der Waals surface area contributed by atoms with E-state index in [9.17, 15) is 9.90 Å². The van der Waals surface area contributed by atoms with Crippen LogP contribution in [-0.2, 0) is 0 Å². The summed E-state index contributed by atoms with van der Waals surface area (Å²) in [5.41, 5.74) is 2.13. The fraction of sp³-hybridized carbons (Fsp3) is 0.100. The normalized spacial score (nSPS) is 10.9. The molecule has 0 spiro atoms. The van der Waals surface area contributed by atoms with Gasteiger partial charge in [-0.1, -0.05) is 30.3 Å². The van der Waals surface area contributed by atoms with Crippen LogP contribution >= 0.6 is 11.3 Å². The molecular formula is C20H18N4O2S. The van der Waals surface area contributed by atoms with Crippen molar-refractivity contribution >= 4 is 39.2 Å². The zero-order valence-electron chi connectivity index (χ0n) is 14.9. The van der Waals surface area contributed by atoms with Crippen molar-refractivity contribution < 1.29 is 9.90 Å². The van der Waals surface area contributed by atoms with Gasteiger partial charge in [-0.15, -0.1) is 11.3 Å². The first-order chi connectivity index (χ1) is 13.0. The number of phenols is 1. The van der Waals surface area contributed by atoms with Gasteiger partial charge in [0.2, 0.25) is 5.95 Å². The molecule has 0 radical (unpaired) electrons. The van der Waals surface area contributed by atoms with Gasteiger partial charge in [-0.25, -0.2) is 4.98 Å². The summed E-state index contributed by atoms with van der Waals surface area (Å²) in [4.78, 5) is 20.7. The maximum Gasteiger partial charge on any atom is 0.265 e. The molecule has 0 saturated heterocycles. The molecule has 4 rings (SSSR count). The first-order valence-corrected chi connectivity index (χ1v) is 9.20. The minimum atomic E-state index is -0.273. The van der Waals surface area contributed by atoms with E-state index in [0.29, 0.717) is 10.6 Å². The molecular weight excluding hydrogens is 360 g/mol. The molecule has 0 fully saturated rings. The van der Waals surface area contributed by atoms with Crippen molar-refractivity contribution in [3.63, 3.8) is 0 Å². The molecule has 0 saturated carbocycles. The maximum atomic E-state index is 12.6. The molecule has 4 aromatic rings. The number of nitrogens with one attached hydrogen (secondary N) is 1. The van der Waals surface area contributed by atoms with E-state index < -0.39 is 0 Å². The fourth-order valence-electron chi connectivity index (χ4n) is 2.85. The summed E-state index contributed by atoms with van der Waals surface area (Å²) < 4.78 is 2.04. The molecule has 2 aromatic heterocycles. The van der Waals surface area contributed by atoms with Gasteiger partial charge in [-0.05, 0) is 30.3 Å². The Kier molecular flexibility index (Phi) is 4.29. The summed E-state index contributed by atoms with van der Waals surface area (Å²) in [7, 11) is 3.88. The zero-order chi connectivity index (χ0) is 19.0. The van der Waals surface area contributed by atoms with Crippen LogP contribution in [-0.4, -0.2) is 34.7 Å². The number of imidazole rings is 1. The number of rotatable bonds is 4. The number of aromatic nitrogens is 2. The first-order valence-electron chi connectivity index (χ1n) is 8.39. The number of benzene rings is 2. The highest BCUT2D eigenvalue weighted by molar-refractivity contribution is 7.20. The molecule has 2 N–H and O–H groups in total. The first kappa shape index (κ1) is 17.1. The number of hydrogen-bond acceptors (Lipinski definition) is 5. The Balaban J connectivity index is 1.76. The van der Waals surface area contributed by atoms with Crippen molar-refractivity contribution in [1.29, 1.82) is 0 Å². The molecule has 0 aliphatic heterocycles. The van der Waals surface area contributed by atoms with Crippen LogP contribution in [0.5, 0.6) is 5.75 Å². The Morgan fingerprint density at radius 2 is 1.81 bits per heavy atom.